The van der Waals surface area contributed by atoms with Gasteiger partial charge in [0, 0.05) is 0 Å². The van der Waals surface area contributed by atoms with Crippen molar-refractivity contribution in [3.63, 3.8) is 0 Å². The summed E-state index contributed by atoms with van der Waals surface area (Å²) in [5.41, 5.74) is 1.79. The molecule has 4 aromatic rings. The Bertz CT molecular complexity index is 1170. The molecule has 0 aliphatic rings. The van der Waals surface area contributed by atoms with Crippen LogP contribution in [0.2, 0.25) is 0 Å². The Morgan fingerprint density at radius 1 is 1.31 bits per heavy atom. The summed E-state index contributed by atoms with van der Waals surface area (Å²) in [5.74, 6) is -0.184. The van der Waals surface area contributed by atoms with Crippen LogP contribution in [0.1, 0.15) is 13.0 Å². The number of para-hydroxylation sites is 2. The molecule has 0 fully saturated rings. The molecule has 4 rings (SSSR count). The molecule has 1 amide bonds. The number of nitrogens with zero attached hydrogens (tertiary/aromatic N) is 2. The Morgan fingerprint density at radius 2 is 2.12 bits per heavy atom. The molecule has 2 aromatic heterocycles. The van der Waals surface area contributed by atoms with Gasteiger partial charge in [0.2, 0.25) is 5.91 Å². The van der Waals surface area contributed by atoms with Crippen molar-refractivity contribution < 1.29 is 13.9 Å². The first kappa shape index (κ1) is 16.3. The van der Waals surface area contributed by atoms with Crippen LogP contribution in [0.3, 0.4) is 0 Å². The van der Waals surface area contributed by atoms with Gasteiger partial charge in [-0.3, -0.25) is 9.36 Å². The van der Waals surface area contributed by atoms with E-state index in [2.05, 4.69) is 10.3 Å². The van der Waals surface area contributed by atoms with Gasteiger partial charge in [0.15, 0.2) is 10.7 Å². The smallest absolute Gasteiger partial charge is 0.420 e. The van der Waals surface area contributed by atoms with Crippen LogP contribution < -0.4 is 15.8 Å². The molecule has 0 bridgehead atoms. The zero-order chi connectivity index (χ0) is 18.3. The summed E-state index contributed by atoms with van der Waals surface area (Å²) in [6, 6.07) is 11.8. The highest BCUT2D eigenvalue weighted by Gasteiger charge is 2.22. The minimum atomic E-state index is -0.743. The second-order valence-corrected chi connectivity index (χ2v) is 6.75. The van der Waals surface area contributed by atoms with E-state index in [1.165, 1.54) is 15.9 Å². The van der Waals surface area contributed by atoms with Gasteiger partial charge in [0.05, 0.1) is 22.8 Å². The molecule has 7 nitrogen and oxygen atoms in total. The van der Waals surface area contributed by atoms with Crippen molar-refractivity contribution in [2.24, 2.45) is 0 Å². The third-order valence-corrected chi connectivity index (χ3v) is 5.04. The number of hydrogen-bond donors (Lipinski definition) is 1. The molecule has 132 valence electrons. The van der Waals surface area contributed by atoms with Gasteiger partial charge in [-0.1, -0.05) is 23.5 Å². The normalized spacial score (nSPS) is 12.4. The number of methoxy groups -OCH3 is 1. The Balaban J connectivity index is 1.63. The first-order valence-electron chi connectivity index (χ1n) is 7.92. The van der Waals surface area contributed by atoms with E-state index >= 15 is 0 Å². The number of nitrogens with one attached hydrogen (secondary N) is 1. The third-order valence-electron chi connectivity index (χ3n) is 4.11. The molecular weight excluding hydrogens is 354 g/mol. The predicted molar refractivity (Wildman–Crippen MR) is 100.0 cm³/mol. The number of amides is 1. The molecule has 0 radical (unpaired) electrons. The van der Waals surface area contributed by atoms with Gasteiger partial charge in [-0.05, 0) is 37.3 Å². The summed E-state index contributed by atoms with van der Waals surface area (Å²) in [6.45, 7) is 1.65. The fourth-order valence-electron chi connectivity index (χ4n) is 2.76. The van der Waals surface area contributed by atoms with E-state index in [1.54, 1.807) is 38.3 Å². The Hall–Kier alpha value is -3.13. The molecule has 26 heavy (non-hydrogen) atoms. The summed E-state index contributed by atoms with van der Waals surface area (Å²) in [6.07, 6.45) is 0. The van der Waals surface area contributed by atoms with Crippen LogP contribution in [0.4, 0.5) is 5.13 Å². The van der Waals surface area contributed by atoms with Gasteiger partial charge >= 0.3 is 5.76 Å². The van der Waals surface area contributed by atoms with Crippen LogP contribution in [0.5, 0.6) is 5.75 Å². The monoisotopic (exact) mass is 369 g/mol. The highest BCUT2D eigenvalue weighted by molar-refractivity contribution is 7.22. The average molecular weight is 369 g/mol. The number of oxazole rings is 1. The maximum atomic E-state index is 12.6. The molecule has 8 heteroatoms. The lowest BCUT2D eigenvalue weighted by Crippen LogP contribution is -2.29. The van der Waals surface area contributed by atoms with Crippen LogP contribution in [0, 0.1) is 0 Å². The Kier molecular flexibility index (Phi) is 3.96. The minimum Gasteiger partial charge on any atom is -0.497 e. The Labute approximate surface area is 151 Å². The Morgan fingerprint density at radius 3 is 2.92 bits per heavy atom. The molecular formula is C18H15N3O4S. The van der Waals surface area contributed by atoms with Gasteiger partial charge < -0.3 is 14.5 Å². The van der Waals surface area contributed by atoms with Gasteiger partial charge in [0.25, 0.3) is 0 Å². The summed E-state index contributed by atoms with van der Waals surface area (Å²) in [7, 11) is 1.60. The topological polar surface area (TPSA) is 86.4 Å². The van der Waals surface area contributed by atoms with Crippen molar-refractivity contribution in [3.8, 4) is 5.75 Å². The van der Waals surface area contributed by atoms with E-state index in [4.69, 9.17) is 9.15 Å². The molecule has 0 spiro atoms. The first-order valence-corrected chi connectivity index (χ1v) is 8.74. The summed E-state index contributed by atoms with van der Waals surface area (Å²) >= 11 is 1.34. The van der Waals surface area contributed by atoms with E-state index < -0.39 is 11.8 Å². The second-order valence-electron chi connectivity index (χ2n) is 5.72. The lowest BCUT2D eigenvalue weighted by atomic mass is 10.2. The van der Waals surface area contributed by atoms with E-state index in [1.807, 2.05) is 18.2 Å². The molecule has 1 atom stereocenters. The number of hydrogen-bond acceptors (Lipinski definition) is 6. The van der Waals surface area contributed by atoms with Crippen LogP contribution in [-0.2, 0) is 4.79 Å². The van der Waals surface area contributed by atoms with Crippen molar-refractivity contribution in [2.75, 3.05) is 12.4 Å². The van der Waals surface area contributed by atoms with Crippen LogP contribution in [0.25, 0.3) is 21.3 Å². The number of ether oxygens (including phenoxy) is 1. The number of fused-ring (bicyclic) bond motifs is 2. The minimum absolute atomic E-state index is 0.343. The second kappa shape index (κ2) is 6.30. The zero-order valence-corrected chi connectivity index (χ0v) is 14.9. The van der Waals surface area contributed by atoms with Crippen molar-refractivity contribution in [1.82, 2.24) is 9.55 Å². The molecule has 1 N–H and O–H groups in total. The van der Waals surface area contributed by atoms with Crippen molar-refractivity contribution >= 4 is 43.7 Å². The highest BCUT2D eigenvalue weighted by Crippen LogP contribution is 2.29. The van der Waals surface area contributed by atoms with Crippen LogP contribution >= 0.6 is 11.3 Å². The molecule has 0 saturated heterocycles. The maximum absolute atomic E-state index is 12.6. The van der Waals surface area contributed by atoms with Gasteiger partial charge in [-0.15, -0.1) is 0 Å². The third kappa shape index (κ3) is 2.74. The van der Waals surface area contributed by atoms with Crippen molar-refractivity contribution in [2.45, 2.75) is 13.0 Å². The largest absolute Gasteiger partial charge is 0.497 e. The van der Waals surface area contributed by atoms with Crippen LogP contribution in [0.15, 0.2) is 51.7 Å². The molecule has 0 unspecified atom stereocenters. The van der Waals surface area contributed by atoms with E-state index in [9.17, 15) is 9.59 Å². The fourth-order valence-corrected chi connectivity index (χ4v) is 3.66. The predicted octanol–water partition coefficient (Wildman–Crippen LogP) is 3.41. The highest BCUT2D eigenvalue weighted by atomic mass is 32.1. The number of rotatable bonds is 4. The SMILES string of the molecule is COc1ccc2nc(NC(=O)[C@H](C)n3c(=O)oc4ccccc43)sc2c1. The number of thiazole rings is 1. The number of carbonyl (C=O) groups excluding carboxylic acids is 1. The first-order chi connectivity index (χ1) is 12.6. The van der Waals surface area contributed by atoms with E-state index in [0.29, 0.717) is 16.2 Å². The molecule has 0 saturated carbocycles. The van der Waals surface area contributed by atoms with Gasteiger partial charge in [-0.25, -0.2) is 9.78 Å². The van der Waals surface area contributed by atoms with Crippen molar-refractivity contribution in [1.29, 1.82) is 0 Å². The standard InChI is InChI=1S/C18H15N3O4S/c1-10(21-13-5-3-4-6-14(13)25-18(21)23)16(22)20-17-19-12-8-7-11(24-2)9-15(12)26-17/h3-10H,1-2H3,(H,19,20,22)/t10-/m0/s1. The number of anilines is 1. The molecule has 0 aliphatic heterocycles. The zero-order valence-electron chi connectivity index (χ0n) is 14.1. The summed E-state index contributed by atoms with van der Waals surface area (Å²) in [4.78, 5) is 29.2. The number of benzene rings is 2. The van der Waals surface area contributed by atoms with Crippen molar-refractivity contribution in [3.05, 3.63) is 53.0 Å². The van der Waals surface area contributed by atoms with E-state index in [-0.39, 0.29) is 5.91 Å². The summed E-state index contributed by atoms with van der Waals surface area (Å²) < 4.78 is 12.6. The average Bonchev–Trinajstić information content (AvgIpc) is 3.19. The number of aromatic nitrogens is 2. The summed E-state index contributed by atoms with van der Waals surface area (Å²) in [5, 5.41) is 3.24. The maximum Gasteiger partial charge on any atom is 0.420 e. The van der Waals surface area contributed by atoms with E-state index in [0.717, 1.165) is 16.0 Å². The fraction of sp³-hybridized carbons (Fsp3) is 0.167. The quantitative estimate of drug-likeness (QED) is 0.596. The molecule has 0 aliphatic carbocycles. The molecule has 2 heterocycles. The van der Waals surface area contributed by atoms with Crippen LogP contribution in [-0.4, -0.2) is 22.6 Å². The van der Waals surface area contributed by atoms with Gasteiger partial charge in [0.1, 0.15) is 11.8 Å². The lowest BCUT2D eigenvalue weighted by molar-refractivity contribution is -0.118. The molecule has 2 aromatic carbocycles. The lowest BCUT2D eigenvalue weighted by Gasteiger charge is -2.11. The number of carbonyl (C=O) groups is 1. The van der Waals surface area contributed by atoms with Gasteiger partial charge in [-0.2, -0.15) is 0 Å².